The maximum Gasteiger partial charge on any atom is 0.245 e. The molecule has 0 radical (unpaired) electrons. The number of likely N-dealkylation sites (N-methyl/N-ethyl adjacent to an activating group) is 1. The SMILES string of the molecule is CNC(=O)[C@@H](NC(=O)[C@@H]1CN(Cc2cnco2)CC12CNC2)[C@@H](C)OCc1ccccc1. The molecule has 2 saturated heterocycles. The first-order valence-corrected chi connectivity index (χ1v) is 11.0. The number of nitrogens with zero attached hydrogens (tertiary/aromatic N) is 2. The number of benzene rings is 1. The predicted octanol–water partition coefficient (Wildman–Crippen LogP) is 0.532. The van der Waals surface area contributed by atoms with E-state index in [0.717, 1.165) is 31.0 Å². The number of carbonyl (C=O) groups is 2. The fourth-order valence-electron chi connectivity index (χ4n) is 4.60. The van der Waals surface area contributed by atoms with Crippen molar-refractivity contribution < 1.29 is 18.7 Å². The summed E-state index contributed by atoms with van der Waals surface area (Å²) in [5.41, 5.74) is 0.880. The Hall–Kier alpha value is -2.75. The van der Waals surface area contributed by atoms with Crippen molar-refractivity contribution in [3.63, 3.8) is 0 Å². The minimum absolute atomic E-state index is 0.115. The Morgan fingerprint density at radius 2 is 2.12 bits per heavy atom. The van der Waals surface area contributed by atoms with Crippen molar-refractivity contribution in [2.24, 2.45) is 11.3 Å². The van der Waals surface area contributed by atoms with Gasteiger partial charge >= 0.3 is 0 Å². The van der Waals surface area contributed by atoms with E-state index in [2.05, 4.69) is 25.8 Å². The molecule has 0 bridgehead atoms. The van der Waals surface area contributed by atoms with Gasteiger partial charge in [-0.15, -0.1) is 0 Å². The van der Waals surface area contributed by atoms with E-state index >= 15 is 0 Å². The molecule has 1 spiro atoms. The third-order valence-corrected chi connectivity index (χ3v) is 6.50. The first-order valence-electron chi connectivity index (χ1n) is 11.0. The number of ether oxygens (including phenoxy) is 1. The van der Waals surface area contributed by atoms with Crippen molar-refractivity contribution in [2.45, 2.75) is 32.2 Å². The number of likely N-dealkylation sites (tertiary alicyclic amines) is 1. The summed E-state index contributed by atoms with van der Waals surface area (Å²) in [6.45, 7) is 5.76. The van der Waals surface area contributed by atoms with Crippen molar-refractivity contribution in [1.82, 2.24) is 25.8 Å². The molecule has 3 N–H and O–H groups in total. The standard InChI is InChI=1S/C23H31N5O4/c1-16(31-11-17-6-4-3-5-7-17)20(22(30)24-2)27-21(29)19-10-28(9-18-8-25-15-32-18)14-23(19)12-26-13-23/h3-8,15-16,19-20,26H,9-14H2,1-2H3,(H,24,30)(H,27,29)/t16-,19+,20+/m1/s1. The van der Waals surface area contributed by atoms with Gasteiger partial charge in [0.2, 0.25) is 11.8 Å². The number of carbonyl (C=O) groups excluding carboxylic acids is 2. The average molecular weight is 442 g/mol. The van der Waals surface area contributed by atoms with Crippen LogP contribution in [0.4, 0.5) is 0 Å². The van der Waals surface area contributed by atoms with Gasteiger partial charge in [0.15, 0.2) is 6.39 Å². The average Bonchev–Trinajstić information content (AvgIpc) is 3.44. The highest BCUT2D eigenvalue weighted by molar-refractivity contribution is 5.89. The van der Waals surface area contributed by atoms with Crippen molar-refractivity contribution in [3.05, 3.63) is 54.2 Å². The second-order valence-corrected chi connectivity index (χ2v) is 8.76. The minimum atomic E-state index is -0.773. The Morgan fingerprint density at radius 3 is 2.75 bits per heavy atom. The quantitative estimate of drug-likeness (QED) is 0.521. The largest absolute Gasteiger partial charge is 0.447 e. The zero-order valence-electron chi connectivity index (χ0n) is 18.5. The van der Waals surface area contributed by atoms with Gasteiger partial charge in [-0.25, -0.2) is 4.98 Å². The van der Waals surface area contributed by atoms with Crippen LogP contribution in [0.3, 0.4) is 0 Å². The Labute approximate surface area is 187 Å². The zero-order chi connectivity index (χ0) is 22.6. The smallest absolute Gasteiger partial charge is 0.245 e. The van der Waals surface area contributed by atoms with Gasteiger partial charge < -0.3 is 25.1 Å². The van der Waals surface area contributed by atoms with Crippen molar-refractivity contribution >= 4 is 11.8 Å². The van der Waals surface area contributed by atoms with Crippen molar-refractivity contribution in [2.75, 3.05) is 33.2 Å². The van der Waals surface area contributed by atoms with Crippen LogP contribution < -0.4 is 16.0 Å². The van der Waals surface area contributed by atoms with Crippen LogP contribution in [-0.2, 0) is 27.5 Å². The number of hydrogen-bond donors (Lipinski definition) is 3. The Bertz CT molecular complexity index is 900. The van der Waals surface area contributed by atoms with Gasteiger partial charge in [0.25, 0.3) is 0 Å². The second kappa shape index (κ2) is 9.81. The van der Waals surface area contributed by atoms with E-state index in [0.29, 0.717) is 19.7 Å². The van der Waals surface area contributed by atoms with E-state index < -0.39 is 12.1 Å². The lowest BCUT2D eigenvalue weighted by Crippen LogP contribution is -2.62. The molecule has 3 heterocycles. The highest BCUT2D eigenvalue weighted by Crippen LogP contribution is 2.40. The molecule has 0 unspecified atom stereocenters. The summed E-state index contributed by atoms with van der Waals surface area (Å²) in [5, 5.41) is 8.94. The highest BCUT2D eigenvalue weighted by atomic mass is 16.5. The number of amides is 2. The highest BCUT2D eigenvalue weighted by Gasteiger charge is 2.54. The van der Waals surface area contributed by atoms with E-state index in [1.807, 2.05) is 37.3 Å². The van der Waals surface area contributed by atoms with Crippen LogP contribution in [0.15, 0.2) is 47.3 Å². The number of nitrogens with one attached hydrogen (secondary N) is 3. The van der Waals surface area contributed by atoms with Crippen LogP contribution >= 0.6 is 0 Å². The summed E-state index contributed by atoms with van der Waals surface area (Å²) in [7, 11) is 1.57. The Morgan fingerprint density at radius 1 is 1.34 bits per heavy atom. The fourth-order valence-corrected chi connectivity index (χ4v) is 4.60. The van der Waals surface area contributed by atoms with Crippen LogP contribution in [0.1, 0.15) is 18.2 Å². The number of oxazole rings is 1. The summed E-state index contributed by atoms with van der Waals surface area (Å²) in [6, 6.07) is 8.99. The van der Waals surface area contributed by atoms with E-state index in [1.54, 1.807) is 13.2 Å². The summed E-state index contributed by atoms with van der Waals surface area (Å²) < 4.78 is 11.3. The third-order valence-electron chi connectivity index (χ3n) is 6.50. The molecule has 2 amide bonds. The molecule has 2 aromatic rings. The van der Waals surface area contributed by atoms with Crippen LogP contribution in [0.25, 0.3) is 0 Å². The lowest BCUT2D eigenvalue weighted by atomic mass is 9.72. The summed E-state index contributed by atoms with van der Waals surface area (Å²) >= 11 is 0. The first kappa shape index (κ1) is 22.4. The monoisotopic (exact) mass is 441 g/mol. The van der Waals surface area contributed by atoms with Crippen LogP contribution in [0, 0.1) is 11.3 Å². The van der Waals surface area contributed by atoms with Gasteiger partial charge in [-0.3, -0.25) is 14.5 Å². The predicted molar refractivity (Wildman–Crippen MR) is 117 cm³/mol. The van der Waals surface area contributed by atoms with Gasteiger partial charge in [-0.2, -0.15) is 0 Å². The molecule has 1 aromatic heterocycles. The van der Waals surface area contributed by atoms with Gasteiger partial charge in [0.1, 0.15) is 11.8 Å². The second-order valence-electron chi connectivity index (χ2n) is 8.76. The molecular formula is C23H31N5O4. The summed E-state index contributed by atoms with van der Waals surface area (Å²) in [5.74, 6) is 0.173. The molecule has 1 aromatic carbocycles. The Kier molecular flexibility index (Phi) is 6.88. The first-order chi connectivity index (χ1) is 15.5. The molecule has 3 atom stereocenters. The lowest BCUT2D eigenvalue weighted by molar-refractivity contribution is -0.137. The molecule has 172 valence electrons. The van der Waals surface area contributed by atoms with Crippen LogP contribution in [0.5, 0.6) is 0 Å². The fraction of sp³-hybridized carbons (Fsp3) is 0.522. The van der Waals surface area contributed by atoms with Crippen molar-refractivity contribution in [3.8, 4) is 0 Å². The summed E-state index contributed by atoms with van der Waals surface area (Å²) in [4.78, 5) is 32.2. The molecule has 2 fully saturated rings. The number of rotatable bonds is 9. The summed E-state index contributed by atoms with van der Waals surface area (Å²) in [6.07, 6.45) is 2.63. The van der Waals surface area contributed by atoms with E-state index in [9.17, 15) is 9.59 Å². The van der Waals surface area contributed by atoms with Gasteiger partial charge in [-0.05, 0) is 12.5 Å². The van der Waals surface area contributed by atoms with Crippen LogP contribution in [-0.4, -0.2) is 67.1 Å². The normalized spacial score (nSPS) is 21.6. The van der Waals surface area contributed by atoms with Crippen LogP contribution in [0.2, 0.25) is 0 Å². The van der Waals surface area contributed by atoms with Gasteiger partial charge in [0, 0.05) is 38.6 Å². The van der Waals surface area contributed by atoms with E-state index in [1.165, 1.54) is 6.39 Å². The maximum atomic E-state index is 13.4. The molecule has 2 aliphatic heterocycles. The van der Waals surface area contributed by atoms with Crippen molar-refractivity contribution in [1.29, 1.82) is 0 Å². The minimum Gasteiger partial charge on any atom is -0.447 e. The zero-order valence-corrected chi connectivity index (χ0v) is 18.5. The van der Waals surface area contributed by atoms with Gasteiger partial charge in [0.05, 0.1) is 31.4 Å². The maximum absolute atomic E-state index is 13.4. The van der Waals surface area contributed by atoms with E-state index in [4.69, 9.17) is 9.15 Å². The molecule has 4 rings (SSSR count). The number of hydrogen-bond acceptors (Lipinski definition) is 7. The topological polar surface area (TPSA) is 109 Å². The molecule has 9 nitrogen and oxygen atoms in total. The van der Waals surface area contributed by atoms with Gasteiger partial charge in [-0.1, -0.05) is 30.3 Å². The third kappa shape index (κ3) is 4.85. The number of aromatic nitrogens is 1. The molecule has 32 heavy (non-hydrogen) atoms. The lowest BCUT2D eigenvalue weighted by Gasteiger charge is -2.43. The Balaban J connectivity index is 1.41. The molecule has 2 aliphatic rings. The molecule has 9 heteroatoms. The molecule has 0 saturated carbocycles. The molecular weight excluding hydrogens is 410 g/mol. The van der Waals surface area contributed by atoms with E-state index in [-0.39, 0.29) is 23.1 Å². The molecule has 0 aliphatic carbocycles.